The minimum Gasteiger partial charge on any atom is -0.495 e. The van der Waals surface area contributed by atoms with Crippen molar-refractivity contribution >= 4 is 33.3 Å². The van der Waals surface area contributed by atoms with Crippen LogP contribution in [0, 0.1) is 0 Å². The van der Waals surface area contributed by atoms with Gasteiger partial charge in [-0.3, -0.25) is 4.99 Å². The highest BCUT2D eigenvalue weighted by molar-refractivity contribution is 7.89. The van der Waals surface area contributed by atoms with Crippen molar-refractivity contribution in [3.05, 3.63) is 23.2 Å². The van der Waals surface area contributed by atoms with Crippen molar-refractivity contribution < 1.29 is 13.2 Å². The molecule has 156 valence electrons. The maximum atomic E-state index is 11.9. The average Bonchev–Trinajstić information content (AvgIpc) is 3.27. The van der Waals surface area contributed by atoms with Gasteiger partial charge in [0, 0.05) is 50.8 Å². The van der Waals surface area contributed by atoms with E-state index < -0.39 is 10.0 Å². The molecule has 0 amide bonds. The molecule has 10 heteroatoms. The molecule has 0 radical (unpaired) electrons. The fourth-order valence-corrected chi connectivity index (χ4v) is 5.33. The first-order valence-corrected chi connectivity index (χ1v) is 11.4. The zero-order chi connectivity index (χ0) is 20.1. The monoisotopic (exact) mass is 429 g/mol. The number of sulfonamides is 1. The molecule has 2 fully saturated rings. The number of halogens is 1. The van der Waals surface area contributed by atoms with Gasteiger partial charge in [0.25, 0.3) is 0 Å². The Morgan fingerprint density at radius 2 is 2.21 bits per heavy atom. The van der Waals surface area contributed by atoms with Crippen molar-refractivity contribution in [2.75, 3.05) is 57.5 Å². The quantitative estimate of drug-likeness (QED) is 0.520. The Labute approximate surface area is 171 Å². The number of rotatable bonds is 6. The number of methoxy groups -OCH3 is 1. The first-order valence-electron chi connectivity index (χ1n) is 9.46. The Morgan fingerprint density at radius 3 is 2.89 bits per heavy atom. The van der Waals surface area contributed by atoms with E-state index in [-0.39, 0.29) is 11.8 Å². The Balaban J connectivity index is 1.50. The smallest absolute Gasteiger partial charge is 0.214 e. The molecule has 2 aliphatic rings. The molecule has 1 aromatic rings. The van der Waals surface area contributed by atoms with Gasteiger partial charge in [-0.1, -0.05) is 11.6 Å². The highest BCUT2D eigenvalue weighted by atomic mass is 35.5. The topological polar surface area (TPSA) is 86.3 Å². The summed E-state index contributed by atoms with van der Waals surface area (Å²) in [6.07, 6.45) is 1.66. The van der Waals surface area contributed by atoms with Gasteiger partial charge in [-0.25, -0.2) is 12.7 Å². The molecule has 8 nitrogen and oxygen atoms in total. The highest BCUT2D eigenvalue weighted by Crippen LogP contribution is 2.33. The molecule has 0 bridgehead atoms. The molecule has 28 heavy (non-hydrogen) atoms. The molecule has 2 heterocycles. The van der Waals surface area contributed by atoms with E-state index in [0.29, 0.717) is 37.0 Å². The second-order valence-corrected chi connectivity index (χ2v) is 9.48. The lowest BCUT2D eigenvalue weighted by atomic mass is 10.2. The molecule has 0 aliphatic carbocycles. The Morgan fingerprint density at radius 1 is 1.39 bits per heavy atom. The third-order valence-electron chi connectivity index (χ3n) is 5.09. The van der Waals surface area contributed by atoms with E-state index in [4.69, 9.17) is 16.3 Å². The molecule has 1 unspecified atom stereocenters. The van der Waals surface area contributed by atoms with E-state index in [1.54, 1.807) is 14.2 Å². The van der Waals surface area contributed by atoms with Crippen LogP contribution < -0.4 is 20.3 Å². The third-order valence-corrected chi connectivity index (χ3v) is 7.28. The summed E-state index contributed by atoms with van der Waals surface area (Å²) >= 11 is 6.15. The van der Waals surface area contributed by atoms with Crippen LogP contribution >= 0.6 is 11.6 Å². The third kappa shape index (κ3) is 5.01. The van der Waals surface area contributed by atoms with Gasteiger partial charge >= 0.3 is 0 Å². The number of nitrogens with one attached hydrogen (secondary N) is 2. The molecule has 2 saturated heterocycles. The number of ether oxygens (including phenoxy) is 1. The molecule has 0 saturated carbocycles. The van der Waals surface area contributed by atoms with Crippen molar-refractivity contribution in [1.29, 1.82) is 0 Å². The van der Waals surface area contributed by atoms with Gasteiger partial charge in [0.15, 0.2) is 5.96 Å². The summed E-state index contributed by atoms with van der Waals surface area (Å²) in [5, 5.41) is 7.32. The van der Waals surface area contributed by atoms with Crippen LogP contribution in [0.2, 0.25) is 5.02 Å². The zero-order valence-corrected chi connectivity index (χ0v) is 17.9. The van der Waals surface area contributed by atoms with Gasteiger partial charge < -0.3 is 20.3 Å². The predicted molar refractivity (Wildman–Crippen MR) is 113 cm³/mol. The summed E-state index contributed by atoms with van der Waals surface area (Å²) in [4.78, 5) is 6.50. The van der Waals surface area contributed by atoms with Crippen molar-refractivity contribution in [3.63, 3.8) is 0 Å². The second kappa shape index (κ2) is 9.19. The molecular formula is C18H28ClN5O3S. The molecule has 0 spiro atoms. The predicted octanol–water partition coefficient (Wildman–Crippen LogP) is 1.13. The number of benzene rings is 1. The maximum absolute atomic E-state index is 11.9. The Kier molecular flexibility index (Phi) is 6.90. The Bertz CT molecular complexity index is 817. The van der Waals surface area contributed by atoms with Crippen LogP contribution in [-0.2, 0) is 10.0 Å². The van der Waals surface area contributed by atoms with Gasteiger partial charge in [0.2, 0.25) is 10.0 Å². The van der Waals surface area contributed by atoms with Crippen LogP contribution in [0.3, 0.4) is 0 Å². The molecule has 2 N–H and O–H groups in total. The molecular weight excluding hydrogens is 402 g/mol. The standard InChI is InChI=1S/C18H28ClN5O3S/c1-20-18(21-7-10-24-8-3-11-28(24,25)26)22-15-6-9-23(13-15)16-12-14(19)4-5-17(16)27-2/h4-5,12,15H,3,6-11,13H2,1-2H3,(H2,20,21,22). The van der Waals surface area contributed by atoms with Crippen LogP contribution in [0.25, 0.3) is 0 Å². The first kappa shape index (κ1) is 21.0. The minimum absolute atomic E-state index is 0.227. The zero-order valence-electron chi connectivity index (χ0n) is 16.3. The minimum atomic E-state index is -3.06. The second-order valence-electron chi connectivity index (χ2n) is 6.96. The van der Waals surface area contributed by atoms with Crippen molar-refractivity contribution in [2.45, 2.75) is 18.9 Å². The van der Waals surface area contributed by atoms with E-state index >= 15 is 0 Å². The lowest BCUT2D eigenvalue weighted by Crippen LogP contribution is -2.46. The molecule has 1 aromatic carbocycles. The summed E-state index contributed by atoms with van der Waals surface area (Å²) in [7, 11) is 0.316. The van der Waals surface area contributed by atoms with Crippen molar-refractivity contribution in [3.8, 4) is 5.75 Å². The largest absolute Gasteiger partial charge is 0.495 e. The fourth-order valence-electron chi connectivity index (χ4n) is 3.64. The van der Waals surface area contributed by atoms with Crippen LogP contribution in [0.4, 0.5) is 5.69 Å². The number of hydrogen-bond acceptors (Lipinski definition) is 5. The first-order chi connectivity index (χ1) is 13.4. The van der Waals surface area contributed by atoms with Gasteiger partial charge in [0.05, 0.1) is 18.6 Å². The average molecular weight is 430 g/mol. The van der Waals surface area contributed by atoms with E-state index in [2.05, 4.69) is 20.5 Å². The normalized spacial score (nSPS) is 22.5. The van der Waals surface area contributed by atoms with Gasteiger partial charge in [-0.05, 0) is 31.0 Å². The highest BCUT2D eigenvalue weighted by Gasteiger charge is 2.28. The molecule has 1 atom stereocenters. The number of guanidine groups is 1. The van der Waals surface area contributed by atoms with E-state index in [0.717, 1.165) is 30.9 Å². The Hall–Kier alpha value is -1.71. The van der Waals surface area contributed by atoms with Crippen LogP contribution in [0.15, 0.2) is 23.2 Å². The molecule has 3 rings (SSSR count). The van der Waals surface area contributed by atoms with Gasteiger partial charge in [-0.2, -0.15) is 0 Å². The molecule has 0 aromatic heterocycles. The number of anilines is 1. The number of nitrogens with zero attached hydrogens (tertiary/aromatic N) is 3. The summed E-state index contributed by atoms with van der Waals surface area (Å²) < 4.78 is 30.7. The summed E-state index contributed by atoms with van der Waals surface area (Å²) in [5.74, 6) is 1.74. The lowest BCUT2D eigenvalue weighted by Gasteiger charge is -2.22. The number of hydrogen-bond donors (Lipinski definition) is 2. The molecule has 2 aliphatic heterocycles. The van der Waals surface area contributed by atoms with E-state index in [1.807, 2.05) is 18.2 Å². The van der Waals surface area contributed by atoms with Gasteiger partial charge in [0.1, 0.15) is 5.75 Å². The summed E-state index contributed by atoms with van der Waals surface area (Å²) in [6.45, 7) is 3.28. The van der Waals surface area contributed by atoms with Crippen LogP contribution in [0.5, 0.6) is 5.75 Å². The van der Waals surface area contributed by atoms with Crippen molar-refractivity contribution in [2.24, 2.45) is 4.99 Å². The van der Waals surface area contributed by atoms with Crippen LogP contribution in [0.1, 0.15) is 12.8 Å². The number of aliphatic imine (C=N–C) groups is 1. The van der Waals surface area contributed by atoms with Crippen LogP contribution in [-0.4, -0.2) is 77.4 Å². The summed E-state index contributed by atoms with van der Waals surface area (Å²) in [5.41, 5.74) is 0.987. The fraction of sp³-hybridized carbons (Fsp3) is 0.611. The maximum Gasteiger partial charge on any atom is 0.214 e. The SMILES string of the molecule is CN=C(NCCN1CCCS1(=O)=O)NC1CCN(c2cc(Cl)ccc2OC)C1. The lowest BCUT2D eigenvalue weighted by molar-refractivity contribution is 0.415. The van der Waals surface area contributed by atoms with E-state index in [9.17, 15) is 8.42 Å². The van der Waals surface area contributed by atoms with Gasteiger partial charge in [-0.15, -0.1) is 0 Å². The van der Waals surface area contributed by atoms with E-state index in [1.165, 1.54) is 4.31 Å². The van der Waals surface area contributed by atoms with Crippen molar-refractivity contribution in [1.82, 2.24) is 14.9 Å². The summed E-state index contributed by atoms with van der Waals surface area (Å²) in [6, 6.07) is 5.85.